The Kier molecular flexibility index (Phi) is 3.07. The minimum absolute atomic E-state index is 0.158. The van der Waals surface area contributed by atoms with Gasteiger partial charge in [0.05, 0.1) is 0 Å². The maximum atomic E-state index is 12.4. The fourth-order valence-electron chi connectivity index (χ4n) is 1.28. The summed E-state index contributed by atoms with van der Waals surface area (Å²) in [6, 6.07) is 7.79. The molecule has 1 aromatic carbocycles. The Hall–Kier alpha value is -0.850. The second kappa shape index (κ2) is 3.91. The SMILES string of the molecule is CCC(C)(C)c1cccc(CF)c1. The summed E-state index contributed by atoms with van der Waals surface area (Å²) < 4.78 is 12.4. The number of hydrogen-bond acceptors (Lipinski definition) is 0. The molecule has 0 N–H and O–H groups in total. The molecule has 0 heterocycles. The molecule has 13 heavy (non-hydrogen) atoms. The average Bonchev–Trinajstić information content (AvgIpc) is 2.18. The molecule has 0 nitrogen and oxygen atoms in total. The number of hydrogen-bond donors (Lipinski definition) is 0. The lowest BCUT2D eigenvalue weighted by Crippen LogP contribution is -2.15. The van der Waals surface area contributed by atoms with E-state index in [9.17, 15) is 4.39 Å². The van der Waals surface area contributed by atoms with Crippen LogP contribution in [0.5, 0.6) is 0 Å². The smallest absolute Gasteiger partial charge is 0.115 e. The number of halogens is 1. The third kappa shape index (κ3) is 2.30. The van der Waals surface area contributed by atoms with Crippen molar-refractivity contribution < 1.29 is 4.39 Å². The van der Waals surface area contributed by atoms with Crippen LogP contribution in [0.3, 0.4) is 0 Å². The molecular formula is C12H17F. The van der Waals surface area contributed by atoms with Crippen molar-refractivity contribution in [2.75, 3.05) is 0 Å². The first-order chi connectivity index (χ1) is 6.10. The van der Waals surface area contributed by atoms with Crippen molar-refractivity contribution in [2.45, 2.75) is 39.3 Å². The molecule has 0 saturated carbocycles. The highest BCUT2D eigenvalue weighted by molar-refractivity contribution is 5.28. The molecule has 0 saturated heterocycles. The molecule has 0 aromatic heterocycles. The highest BCUT2D eigenvalue weighted by Gasteiger charge is 2.17. The molecular weight excluding hydrogens is 163 g/mol. The van der Waals surface area contributed by atoms with E-state index in [4.69, 9.17) is 0 Å². The summed E-state index contributed by atoms with van der Waals surface area (Å²) in [5.74, 6) is 0. The Morgan fingerprint density at radius 2 is 2.00 bits per heavy atom. The first-order valence-electron chi connectivity index (χ1n) is 4.75. The monoisotopic (exact) mass is 180 g/mol. The molecule has 0 fully saturated rings. The molecule has 0 atom stereocenters. The van der Waals surface area contributed by atoms with Gasteiger partial charge in [0.1, 0.15) is 6.67 Å². The van der Waals surface area contributed by atoms with E-state index >= 15 is 0 Å². The zero-order valence-electron chi connectivity index (χ0n) is 8.60. The highest BCUT2D eigenvalue weighted by atomic mass is 19.1. The Morgan fingerprint density at radius 3 is 2.54 bits per heavy atom. The molecule has 1 aromatic rings. The Balaban J connectivity index is 3.01. The molecule has 1 rings (SSSR count). The van der Waals surface area contributed by atoms with E-state index in [1.807, 2.05) is 18.2 Å². The molecule has 0 amide bonds. The average molecular weight is 180 g/mol. The van der Waals surface area contributed by atoms with E-state index in [-0.39, 0.29) is 12.1 Å². The van der Waals surface area contributed by atoms with Crippen LogP contribution in [0.4, 0.5) is 4.39 Å². The molecule has 72 valence electrons. The maximum absolute atomic E-state index is 12.4. The molecule has 0 aliphatic carbocycles. The quantitative estimate of drug-likeness (QED) is 0.663. The third-order valence-electron chi connectivity index (χ3n) is 2.75. The number of alkyl halides is 1. The van der Waals surface area contributed by atoms with Gasteiger partial charge in [-0.05, 0) is 23.0 Å². The summed E-state index contributed by atoms with van der Waals surface area (Å²) >= 11 is 0. The molecule has 0 spiro atoms. The second-order valence-electron chi connectivity index (χ2n) is 4.07. The summed E-state index contributed by atoms with van der Waals surface area (Å²) in [5, 5.41) is 0. The zero-order valence-corrected chi connectivity index (χ0v) is 8.60. The normalized spacial score (nSPS) is 11.7. The Labute approximate surface area is 79.8 Å². The van der Waals surface area contributed by atoms with E-state index in [0.717, 1.165) is 12.0 Å². The maximum Gasteiger partial charge on any atom is 0.115 e. The molecule has 0 radical (unpaired) electrons. The van der Waals surface area contributed by atoms with E-state index in [1.54, 1.807) is 0 Å². The summed E-state index contributed by atoms with van der Waals surface area (Å²) in [4.78, 5) is 0. The van der Waals surface area contributed by atoms with Crippen molar-refractivity contribution in [2.24, 2.45) is 0 Å². The van der Waals surface area contributed by atoms with Crippen molar-refractivity contribution in [3.63, 3.8) is 0 Å². The van der Waals surface area contributed by atoms with Crippen LogP contribution < -0.4 is 0 Å². The van der Waals surface area contributed by atoms with Crippen molar-refractivity contribution in [1.82, 2.24) is 0 Å². The molecule has 0 aliphatic rings. The van der Waals surface area contributed by atoms with Gasteiger partial charge in [0, 0.05) is 0 Å². The van der Waals surface area contributed by atoms with Gasteiger partial charge in [-0.25, -0.2) is 4.39 Å². The van der Waals surface area contributed by atoms with Gasteiger partial charge in [0.15, 0.2) is 0 Å². The van der Waals surface area contributed by atoms with Crippen LogP contribution in [0.2, 0.25) is 0 Å². The van der Waals surface area contributed by atoms with Crippen LogP contribution in [0.15, 0.2) is 24.3 Å². The van der Waals surface area contributed by atoms with Crippen molar-refractivity contribution >= 4 is 0 Å². The van der Waals surface area contributed by atoms with Crippen LogP contribution in [0.25, 0.3) is 0 Å². The van der Waals surface area contributed by atoms with Gasteiger partial charge >= 0.3 is 0 Å². The Bertz CT molecular complexity index is 276. The van der Waals surface area contributed by atoms with E-state index < -0.39 is 0 Å². The van der Waals surface area contributed by atoms with Gasteiger partial charge in [-0.15, -0.1) is 0 Å². The number of rotatable bonds is 3. The van der Waals surface area contributed by atoms with Crippen LogP contribution >= 0.6 is 0 Å². The molecule has 0 bridgehead atoms. The highest BCUT2D eigenvalue weighted by Crippen LogP contribution is 2.27. The van der Waals surface area contributed by atoms with E-state index in [0.29, 0.717) is 0 Å². The van der Waals surface area contributed by atoms with Gasteiger partial charge in [0.25, 0.3) is 0 Å². The first kappa shape index (κ1) is 10.2. The van der Waals surface area contributed by atoms with Crippen molar-refractivity contribution in [1.29, 1.82) is 0 Å². The predicted molar refractivity (Wildman–Crippen MR) is 54.6 cm³/mol. The van der Waals surface area contributed by atoms with E-state index in [2.05, 4.69) is 26.8 Å². The third-order valence-corrected chi connectivity index (χ3v) is 2.75. The standard InChI is InChI=1S/C12H17F/c1-4-12(2,3)11-7-5-6-10(8-11)9-13/h5-8H,4,9H2,1-3H3. The van der Waals surface area contributed by atoms with Crippen LogP contribution in [0, 0.1) is 0 Å². The summed E-state index contributed by atoms with van der Waals surface area (Å²) in [6.45, 7) is 6.16. The van der Waals surface area contributed by atoms with Crippen molar-refractivity contribution in [3.05, 3.63) is 35.4 Å². The topological polar surface area (TPSA) is 0 Å². The van der Waals surface area contributed by atoms with Crippen LogP contribution in [0.1, 0.15) is 38.3 Å². The first-order valence-corrected chi connectivity index (χ1v) is 4.75. The predicted octanol–water partition coefficient (Wildman–Crippen LogP) is 3.84. The zero-order chi connectivity index (χ0) is 9.90. The van der Waals surface area contributed by atoms with Crippen LogP contribution in [-0.2, 0) is 12.1 Å². The minimum Gasteiger partial charge on any atom is -0.246 e. The Morgan fingerprint density at radius 1 is 1.31 bits per heavy atom. The molecule has 0 unspecified atom stereocenters. The fourth-order valence-corrected chi connectivity index (χ4v) is 1.28. The largest absolute Gasteiger partial charge is 0.246 e. The van der Waals surface area contributed by atoms with Gasteiger partial charge in [-0.1, -0.05) is 45.0 Å². The summed E-state index contributed by atoms with van der Waals surface area (Å²) in [5.41, 5.74) is 2.16. The summed E-state index contributed by atoms with van der Waals surface area (Å²) in [7, 11) is 0. The lowest BCUT2D eigenvalue weighted by atomic mass is 9.82. The fraction of sp³-hybridized carbons (Fsp3) is 0.500. The van der Waals surface area contributed by atoms with Gasteiger partial charge in [-0.3, -0.25) is 0 Å². The second-order valence-corrected chi connectivity index (χ2v) is 4.07. The van der Waals surface area contributed by atoms with Crippen LogP contribution in [-0.4, -0.2) is 0 Å². The lowest BCUT2D eigenvalue weighted by Gasteiger charge is -2.23. The van der Waals surface area contributed by atoms with Gasteiger partial charge in [-0.2, -0.15) is 0 Å². The van der Waals surface area contributed by atoms with Gasteiger partial charge < -0.3 is 0 Å². The van der Waals surface area contributed by atoms with Crippen molar-refractivity contribution in [3.8, 4) is 0 Å². The molecule has 1 heteroatoms. The van der Waals surface area contributed by atoms with Gasteiger partial charge in [0.2, 0.25) is 0 Å². The summed E-state index contributed by atoms with van der Waals surface area (Å²) in [6.07, 6.45) is 1.07. The minimum atomic E-state index is -0.367. The lowest BCUT2D eigenvalue weighted by molar-refractivity contribution is 0.479. The van der Waals surface area contributed by atoms with E-state index in [1.165, 1.54) is 5.56 Å². The number of benzene rings is 1. The molecule has 0 aliphatic heterocycles.